The molecular weight excluding hydrogens is 1010 g/mol. The van der Waals surface area contributed by atoms with Gasteiger partial charge in [-0.15, -0.1) is 0 Å². The topological polar surface area (TPSA) is 146 Å². The summed E-state index contributed by atoms with van der Waals surface area (Å²) in [5.41, 5.74) is 7.16. The number of ketones is 1. The summed E-state index contributed by atoms with van der Waals surface area (Å²) in [7, 11) is -1.09. The number of Topliss-reactive ketones (excluding diaryl/α,β-unsaturated/α-hetero) is 1. The molecule has 0 aliphatic heterocycles. The zero-order valence-corrected chi connectivity index (χ0v) is 40.5. The first-order valence-electron chi connectivity index (χ1n) is 19.6. The number of carbonyl (C=O) groups is 3. The molecule has 0 unspecified atom stereocenters. The first kappa shape index (κ1) is 48.2. The number of aromatic amines is 1. The van der Waals surface area contributed by atoms with E-state index in [1.807, 2.05) is 73.1 Å². The summed E-state index contributed by atoms with van der Waals surface area (Å²) in [6, 6.07) is 41.2. The van der Waals surface area contributed by atoms with Crippen molar-refractivity contribution in [2.24, 2.45) is 0 Å². The van der Waals surface area contributed by atoms with Gasteiger partial charge >= 0.3 is 0 Å². The van der Waals surface area contributed by atoms with Crippen LogP contribution in [-0.2, 0) is 16.3 Å². The zero-order chi connectivity index (χ0) is 45.0. The number of rotatable bonds is 12. The van der Waals surface area contributed by atoms with Crippen molar-refractivity contribution < 1.29 is 19.1 Å². The summed E-state index contributed by atoms with van der Waals surface area (Å²) in [5.74, 6) is 1.23. The van der Waals surface area contributed by atoms with Gasteiger partial charge < -0.3 is 14.3 Å². The van der Waals surface area contributed by atoms with Gasteiger partial charge in [0.2, 0.25) is 5.78 Å². The molecule has 5 heterocycles. The van der Waals surface area contributed by atoms with Crippen molar-refractivity contribution in [2.45, 2.75) is 32.4 Å². The Morgan fingerprint density at radius 3 is 1.73 bits per heavy atom. The Kier molecular flexibility index (Phi) is 18.9. The third kappa shape index (κ3) is 16.1. The smallest absolute Gasteiger partial charge is 0.225 e. The molecule has 0 amide bonds. The molecule has 8 aromatic rings. The van der Waals surface area contributed by atoms with Crippen molar-refractivity contribution in [1.29, 1.82) is 0 Å². The van der Waals surface area contributed by atoms with E-state index >= 15 is 0 Å². The number of ether oxygens (including phenoxy) is 1. The van der Waals surface area contributed by atoms with Crippen LogP contribution in [-0.4, -0.2) is 67.5 Å². The summed E-state index contributed by atoms with van der Waals surface area (Å²) in [5, 5.41) is 0. The number of H-pyrrole nitrogens is 1. The van der Waals surface area contributed by atoms with Crippen molar-refractivity contribution in [1.82, 2.24) is 34.5 Å². The Balaban J connectivity index is 0.000000174. The number of hydrogen-bond acceptors (Lipinski definition) is 9. The molecular formula is C48H44Br3N7O4Si. The van der Waals surface area contributed by atoms with E-state index in [0.29, 0.717) is 24.1 Å². The lowest BCUT2D eigenvalue weighted by molar-refractivity contribution is -0.104. The van der Waals surface area contributed by atoms with Crippen molar-refractivity contribution >= 4 is 74.2 Å². The van der Waals surface area contributed by atoms with E-state index in [0.717, 1.165) is 78.0 Å². The SMILES string of the molecule is Brc1ccc(-c2ncc(-c3ccccc3)[nH]2)cn1.C[Si](C)(C)CCOCn1cc(-c2ccccc2)nc1-c1ccc(Br)nc1.O=CC(=O)c1ccccc1.O=Cc1ccc(Br)nc1. The number of benzene rings is 3. The highest BCUT2D eigenvalue weighted by Crippen LogP contribution is 2.26. The molecule has 0 spiro atoms. The van der Waals surface area contributed by atoms with Crippen molar-refractivity contribution in [3.63, 3.8) is 0 Å². The molecule has 11 nitrogen and oxygen atoms in total. The lowest BCUT2D eigenvalue weighted by Gasteiger charge is -2.16. The Bertz CT molecular complexity index is 2620. The fourth-order valence-electron chi connectivity index (χ4n) is 5.42. The molecule has 0 atom stereocenters. The maximum atomic E-state index is 10.6. The first-order valence-corrected chi connectivity index (χ1v) is 25.7. The van der Waals surface area contributed by atoms with Crippen LogP contribution >= 0.6 is 47.8 Å². The van der Waals surface area contributed by atoms with Crippen molar-refractivity contribution in [3.8, 4) is 45.3 Å². The minimum Gasteiger partial charge on any atom is -0.361 e. The van der Waals surface area contributed by atoms with E-state index in [1.54, 1.807) is 48.7 Å². The molecule has 0 saturated heterocycles. The molecule has 0 radical (unpaired) electrons. The number of nitrogens with zero attached hydrogens (tertiary/aromatic N) is 6. The average Bonchev–Trinajstić information content (AvgIpc) is 3.99. The largest absolute Gasteiger partial charge is 0.361 e. The van der Waals surface area contributed by atoms with E-state index in [9.17, 15) is 14.4 Å². The Hall–Kier alpha value is -5.84. The van der Waals surface area contributed by atoms with E-state index in [2.05, 4.69) is 127 Å². The van der Waals surface area contributed by atoms with Gasteiger partial charge in [-0.05, 0) is 95.8 Å². The third-order valence-corrected chi connectivity index (χ3v) is 11.9. The van der Waals surface area contributed by atoms with Crippen LogP contribution in [0.1, 0.15) is 20.7 Å². The maximum absolute atomic E-state index is 10.6. The lowest BCUT2D eigenvalue weighted by Crippen LogP contribution is -2.22. The van der Waals surface area contributed by atoms with Gasteiger partial charge in [-0.25, -0.2) is 24.9 Å². The average molecular weight is 1050 g/mol. The molecule has 63 heavy (non-hydrogen) atoms. The van der Waals surface area contributed by atoms with Crippen LogP contribution in [0, 0.1) is 0 Å². The number of imidazole rings is 2. The molecule has 0 aliphatic rings. The van der Waals surface area contributed by atoms with Crippen molar-refractivity contribution in [2.75, 3.05) is 6.61 Å². The minimum absolute atomic E-state index is 0.315. The normalized spacial score (nSPS) is 10.5. The van der Waals surface area contributed by atoms with Crippen LogP contribution in [0.15, 0.2) is 172 Å². The molecule has 3 aromatic carbocycles. The molecule has 15 heteroatoms. The zero-order valence-electron chi connectivity index (χ0n) is 34.7. The predicted octanol–water partition coefficient (Wildman–Crippen LogP) is 12.3. The van der Waals surface area contributed by atoms with Gasteiger partial charge in [-0.2, -0.15) is 0 Å². The van der Waals surface area contributed by atoms with Gasteiger partial charge in [0.05, 0.1) is 17.6 Å². The van der Waals surface area contributed by atoms with Crippen LogP contribution in [0.25, 0.3) is 45.3 Å². The van der Waals surface area contributed by atoms with Crippen LogP contribution in [0.3, 0.4) is 0 Å². The molecule has 0 saturated carbocycles. The fraction of sp³-hybridized carbons (Fsp3) is 0.125. The molecule has 1 N–H and O–H groups in total. The number of halogens is 3. The Labute approximate surface area is 392 Å². The molecule has 320 valence electrons. The maximum Gasteiger partial charge on any atom is 0.225 e. The number of pyridine rings is 3. The quantitative estimate of drug-likeness (QED) is 0.0315. The van der Waals surface area contributed by atoms with Crippen LogP contribution in [0.4, 0.5) is 0 Å². The highest BCUT2D eigenvalue weighted by atomic mass is 79.9. The van der Waals surface area contributed by atoms with Gasteiger partial charge in [0.15, 0.2) is 12.6 Å². The summed E-state index contributed by atoms with van der Waals surface area (Å²) in [4.78, 5) is 55.6. The second kappa shape index (κ2) is 24.7. The highest BCUT2D eigenvalue weighted by Gasteiger charge is 2.15. The van der Waals surface area contributed by atoms with Crippen LogP contribution in [0.2, 0.25) is 25.7 Å². The number of carbonyl (C=O) groups excluding carboxylic acids is 3. The monoisotopic (exact) mass is 1050 g/mol. The lowest BCUT2D eigenvalue weighted by atomic mass is 10.1. The van der Waals surface area contributed by atoms with Gasteiger partial charge in [-0.1, -0.05) is 111 Å². The second-order valence-electron chi connectivity index (χ2n) is 14.8. The minimum atomic E-state index is -1.09. The van der Waals surface area contributed by atoms with Gasteiger partial charge in [-0.3, -0.25) is 14.4 Å². The fourth-order valence-corrected chi connectivity index (χ4v) is 6.88. The molecule has 8 rings (SSSR count). The van der Waals surface area contributed by atoms with Crippen LogP contribution < -0.4 is 0 Å². The van der Waals surface area contributed by atoms with Crippen molar-refractivity contribution in [3.05, 3.63) is 183 Å². The standard InChI is InChI=1S/C20H24BrN3OSi.C14H10BrN3.C8H6O2.C6H4BrNO/c1-26(2,3)12-11-25-15-24-14-18(16-7-5-4-6-8-16)23-20(24)17-9-10-19(21)22-13-17;15-13-7-6-11(8-16-13)14-17-9-12(18-14)10-4-2-1-3-5-10;9-6-8(10)7-4-2-1-3-5-7;7-6-2-1-5(4-9)3-8-6/h4-10,13-14H,11-12,15H2,1-3H3;1-9H,(H,17,18);1-6H;1-4H. The first-order chi connectivity index (χ1) is 30.4. The highest BCUT2D eigenvalue weighted by molar-refractivity contribution is 9.11. The van der Waals surface area contributed by atoms with E-state index in [-0.39, 0.29) is 0 Å². The molecule has 0 fully saturated rings. The Morgan fingerprint density at radius 1 is 0.651 bits per heavy atom. The number of hydrogen-bond donors (Lipinski definition) is 1. The van der Waals surface area contributed by atoms with Gasteiger partial charge in [0.25, 0.3) is 0 Å². The van der Waals surface area contributed by atoms with Gasteiger partial charge in [0.1, 0.15) is 32.2 Å². The Morgan fingerprint density at radius 2 is 1.21 bits per heavy atom. The van der Waals surface area contributed by atoms with E-state index in [4.69, 9.17) is 9.72 Å². The second-order valence-corrected chi connectivity index (χ2v) is 22.8. The molecule has 0 aliphatic carbocycles. The summed E-state index contributed by atoms with van der Waals surface area (Å²) in [6.07, 6.45) is 10.1. The van der Waals surface area contributed by atoms with E-state index in [1.165, 1.54) is 6.20 Å². The third-order valence-electron chi connectivity index (χ3n) is 8.77. The summed E-state index contributed by atoms with van der Waals surface area (Å²) < 4.78 is 10.4. The summed E-state index contributed by atoms with van der Waals surface area (Å²) in [6.45, 7) is 8.36. The number of aromatic nitrogens is 7. The number of aldehydes is 2. The predicted molar refractivity (Wildman–Crippen MR) is 262 cm³/mol. The van der Waals surface area contributed by atoms with Crippen LogP contribution in [0.5, 0.6) is 0 Å². The number of nitrogens with one attached hydrogen (secondary N) is 1. The molecule has 0 bridgehead atoms. The van der Waals surface area contributed by atoms with Gasteiger partial charge in [0, 0.05) is 67.3 Å². The molecule has 5 aromatic heterocycles. The van der Waals surface area contributed by atoms with E-state index < -0.39 is 13.9 Å². The summed E-state index contributed by atoms with van der Waals surface area (Å²) >= 11 is 9.85.